The molecule has 0 unspecified atom stereocenters. The molecular weight excluding hydrogens is 172 g/mol. The predicted molar refractivity (Wildman–Crippen MR) is 47.4 cm³/mol. The quantitative estimate of drug-likeness (QED) is 0.486. The van der Waals surface area contributed by atoms with E-state index in [0.29, 0.717) is 25.9 Å². The number of carboxylic acid groups (broad SMARTS) is 1. The minimum absolute atomic E-state index is 0.144. The molecule has 1 N–H and O–H groups in total. The van der Waals surface area contributed by atoms with Crippen LogP contribution in [-0.4, -0.2) is 23.7 Å². The highest BCUT2D eigenvalue weighted by atomic mass is 16.5. The third-order valence-corrected chi connectivity index (χ3v) is 1.50. The maximum absolute atomic E-state index is 10.8. The Kier molecular flexibility index (Phi) is 6.96. The molecule has 0 saturated carbocycles. The summed E-state index contributed by atoms with van der Waals surface area (Å²) in [5.41, 5.74) is 0. The molecule has 0 aromatic carbocycles. The van der Waals surface area contributed by atoms with Gasteiger partial charge in [-0.15, -0.1) is 0 Å². The fourth-order valence-corrected chi connectivity index (χ4v) is 0.841. The number of ether oxygens (including phenoxy) is 1. The van der Waals surface area contributed by atoms with Gasteiger partial charge in [-0.25, -0.2) is 0 Å². The summed E-state index contributed by atoms with van der Waals surface area (Å²) in [6.45, 7) is 2.25. The molecule has 0 bridgehead atoms. The molecule has 76 valence electrons. The summed E-state index contributed by atoms with van der Waals surface area (Å²) >= 11 is 0. The van der Waals surface area contributed by atoms with Crippen LogP contribution in [0.4, 0.5) is 0 Å². The molecule has 13 heavy (non-hydrogen) atoms. The number of unbranched alkanes of at least 4 members (excludes halogenated alkanes) is 1. The van der Waals surface area contributed by atoms with Crippen molar-refractivity contribution in [2.75, 3.05) is 6.61 Å². The van der Waals surface area contributed by atoms with Crippen LogP contribution in [0.15, 0.2) is 0 Å². The van der Waals surface area contributed by atoms with Crippen molar-refractivity contribution in [1.82, 2.24) is 0 Å². The molecule has 0 amide bonds. The first kappa shape index (κ1) is 11.9. The monoisotopic (exact) mass is 188 g/mol. The molecule has 4 heteroatoms. The van der Waals surface area contributed by atoms with Crippen molar-refractivity contribution >= 4 is 11.9 Å². The van der Waals surface area contributed by atoms with E-state index in [4.69, 9.17) is 9.84 Å². The highest BCUT2D eigenvalue weighted by Crippen LogP contribution is 1.98. The average molecular weight is 188 g/mol. The number of carbonyl (C=O) groups is 2. The minimum Gasteiger partial charge on any atom is -0.481 e. The third kappa shape index (κ3) is 8.85. The van der Waals surface area contributed by atoms with Gasteiger partial charge in [0.2, 0.25) is 0 Å². The van der Waals surface area contributed by atoms with E-state index in [1.165, 1.54) is 0 Å². The minimum atomic E-state index is -0.806. The summed E-state index contributed by atoms with van der Waals surface area (Å²) in [5, 5.41) is 8.30. The second-order valence-corrected chi connectivity index (χ2v) is 2.82. The first-order chi connectivity index (χ1) is 6.16. The third-order valence-electron chi connectivity index (χ3n) is 1.50. The molecule has 0 saturated heterocycles. The molecule has 0 heterocycles. The topological polar surface area (TPSA) is 63.6 Å². The zero-order chi connectivity index (χ0) is 10.1. The lowest BCUT2D eigenvalue weighted by Gasteiger charge is -2.02. The van der Waals surface area contributed by atoms with Gasteiger partial charge in [0, 0.05) is 12.8 Å². The fraction of sp³-hybridized carbons (Fsp3) is 0.778. The lowest BCUT2D eigenvalue weighted by atomic mass is 10.2. The molecule has 0 spiro atoms. The van der Waals surface area contributed by atoms with Gasteiger partial charge in [-0.3, -0.25) is 9.59 Å². The number of esters is 1. The summed E-state index contributed by atoms with van der Waals surface area (Å²) in [5.74, 6) is -1.00. The van der Waals surface area contributed by atoms with E-state index in [1.807, 2.05) is 6.92 Å². The number of carbonyl (C=O) groups excluding carboxylic acids is 1. The van der Waals surface area contributed by atoms with Crippen molar-refractivity contribution in [2.24, 2.45) is 0 Å². The van der Waals surface area contributed by atoms with Crippen LogP contribution in [0, 0.1) is 0 Å². The first-order valence-electron chi connectivity index (χ1n) is 4.54. The van der Waals surface area contributed by atoms with Crippen LogP contribution in [0.2, 0.25) is 0 Å². The van der Waals surface area contributed by atoms with E-state index in [0.717, 1.165) is 6.42 Å². The van der Waals surface area contributed by atoms with Crippen molar-refractivity contribution in [1.29, 1.82) is 0 Å². The smallest absolute Gasteiger partial charge is 0.305 e. The van der Waals surface area contributed by atoms with Gasteiger partial charge in [0.1, 0.15) is 0 Å². The number of aliphatic carboxylic acids is 1. The molecule has 0 radical (unpaired) electrons. The Morgan fingerprint density at radius 3 is 2.46 bits per heavy atom. The van der Waals surface area contributed by atoms with Crippen molar-refractivity contribution in [3.05, 3.63) is 0 Å². The number of rotatable bonds is 7. The average Bonchev–Trinajstić information content (AvgIpc) is 2.03. The lowest BCUT2D eigenvalue weighted by Crippen LogP contribution is -2.05. The molecule has 0 aliphatic rings. The molecule has 0 atom stereocenters. The second-order valence-electron chi connectivity index (χ2n) is 2.82. The van der Waals surface area contributed by atoms with E-state index < -0.39 is 5.97 Å². The fourth-order valence-electron chi connectivity index (χ4n) is 0.841. The first-order valence-corrected chi connectivity index (χ1v) is 4.54. The zero-order valence-corrected chi connectivity index (χ0v) is 7.91. The van der Waals surface area contributed by atoms with E-state index in [-0.39, 0.29) is 12.4 Å². The van der Waals surface area contributed by atoms with E-state index in [2.05, 4.69) is 0 Å². The van der Waals surface area contributed by atoms with Gasteiger partial charge in [0.25, 0.3) is 0 Å². The van der Waals surface area contributed by atoms with Gasteiger partial charge < -0.3 is 9.84 Å². The van der Waals surface area contributed by atoms with Crippen LogP contribution < -0.4 is 0 Å². The van der Waals surface area contributed by atoms with Gasteiger partial charge in [0.05, 0.1) is 6.61 Å². The summed E-state index contributed by atoms with van der Waals surface area (Å²) < 4.78 is 4.83. The van der Waals surface area contributed by atoms with Gasteiger partial charge in [0.15, 0.2) is 0 Å². The standard InChI is InChI=1S/C9H16O4/c1-2-5-9(12)13-7-4-3-6-8(10)11/h2-7H2,1H3,(H,10,11). The van der Waals surface area contributed by atoms with Crippen LogP contribution >= 0.6 is 0 Å². The van der Waals surface area contributed by atoms with Crippen LogP contribution in [0.3, 0.4) is 0 Å². The van der Waals surface area contributed by atoms with Gasteiger partial charge in [-0.05, 0) is 19.3 Å². The SMILES string of the molecule is CCCC(=O)OCCCCC(=O)O. The summed E-state index contributed by atoms with van der Waals surface area (Å²) in [6, 6.07) is 0. The van der Waals surface area contributed by atoms with Crippen molar-refractivity contribution in [2.45, 2.75) is 39.0 Å². The Morgan fingerprint density at radius 2 is 1.92 bits per heavy atom. The lowest BCUT2D eigenvalue weighted by molar-refractivity contribution is -0.143. The van der Waals surface area contributed by atoms with Gasteiger partial charge in [-0.1, -0.05) is 6.92 Å². The molecule has 4 nitrogen and oxygen atoms in total. The van der Waals surface area contributed by atoms with E-state index in [9.17, 15) is 9.59 Å². The zero-order valence-electron chi connectivity index (χ0n) is 7.91. The Bertz CT molecular complexity index is 165. The van der Waals surface area contributed by atoms with Crippen LogP contribution in [-0.2, 0) is 14.3 Å². The molecule has 0 aromatic rings. The Hall–Kier alpha value is -1.06. The maximum Gasteiger partial charge on any atom is 0.305 e. The molecular formula is C9H16O4. The van der Waals surface area contributed by atoms with Crippen LogP contribution in [0.1, 0.15) is 39.0 Å². The molecule has 0 aliphatic heterocycles. The van der Waals surface area contributed by atoms with Crippen LogP contribution in [0.25, 0.3) is 0 Å². The maximum atomic E-state index is 10.8. The molecule has 0 rings (SSSR count). The van der Waals surface area contributed by atoms with E-state index in [1.54, 1.807) is 0 Å². The van der Waals surface area contributed by atoms with Crippen molar-refractivity contribution < 1.29 is 19.4 Å². The largest absolute Gasteiger partial charge is 0.481 e. The predicted octanol–water partition coefficient (Wildman–Crippen LogP) is 1.58. The Morgan fingerprint density at radius 1 is 1.23 bits per heavy atom. The molecule has 0 fully saturated rings. The van der Waals surface area contributed by atoms with Gasteiger partial charge >= 0.3 is 11.9 Å². The second kappa shape index (κ2) is 7.58. The number of carboxylic acids is 1. The summed E-state index contributed by atoms with van der Waals surface area (Å²) in [7, 11) is 0. The Balaban J connectivity index is 3.16. The van der Waals surface area contributed by atoms with Gasteiger partial charge in [-0.2, -0.15) is 0 Å². The summed E-state index contributed by atoms with van der Waals surface area (Å²) in [4.78, 5) is 20.9. The Labute approximate surface area is 77.9 Å². The molecule has 0 aliphatic carbocycles. The van der Waals surface area contributed by atoms with E-state index >= 15 is 0 Å². The normalized spacial score (nSPS) is 9.62. The highest BCUT2D eigenvalue weighted by molar-refractivity contribution is 5.69. The van der Waals surface area contributed by atoms with Crippen molar-refractivity contribution in [3.8, 4) is 0 Å². The van der Waals surface area contributed by atoms with Crippen LogP contribution in [0.5, 0.6) is 0 Å². The number of hydrogen-bond acceptors (Lipinski definition) is 3. The molecule has 0 aromatic heterocycles. The number of hydrogen-bond donors (Lipinski definition) is 1. The van der Waals surface area contributed by atoms with Crippen molar-refractivity contribution in [3.63, 3.8) is 0 Å². The highest BCUT2D eigenvalue weighted by Gasteiger charge is 2.00. The summed E-state index contributed by atoms with van der Waals surface area (Å²) in [6.07, 6.45) is 2.56.